The van der Waals surface area contributed by atoms with Crippen LogP contribution in [0.1, 0.15) is 46.8 Å². The van der Waals surface area contributed by atoms with E-state index in [4.69, 9.17) is 4.74 Å². The SMILES string of the molecule is CCn1cc(CN2CCO[C@@H](c3cccc(Cc4ccccc4C(F)(F)F)n3)C2)c(C)n1. The van der Waals surface area contributed by atoms with Gasteiger partial charge in [0.25, 0.3) is 0 Å². The summed E-state index contributed by atoms with van der Waals surface area (Å²) in [5, 5.41) is 4.51. The molecule has 2 aromatic heterocycles. The summed E-state index contributed by atoms with van der Waals surface area (Å²) in [5.41, 5.74) is 3.17. The minimum Gasteiger partial charge on any atom is -0.369 e. The number of ether oxygens (including phenoxy) is 1. The number of hydrogen-bond donors (Lipinski definition) is 0. The van der Waals surface area contributed by atoms with Gasteiger partial charge in [-0.1, -0.05) is 24.3 Å². The van der Waals surface area contributed by atoms with E-state index in [0.29, 0.717) is 18.8 Å². The van der Waals surface area contributed by atoms with Gasteiger partial charge in [-0.2, -0.15) is 18.3 Å². The van der Waals surface area contributed by atoms with E-state index in [0.717, 1.165) is 37.1 Å². The molecule has 1 aromatic carbocycles. The third-order valence-corrected chi connectivity index (χ3v) is 5.77. The molecule has 0 saturated carbocycles. The molecule has 32 heavy (non-hydrogen) atoms. The van der Waals surface area contributed by atoms with E-state index in [2.05, 4.69) is 28.1 Å². The van der Waals surface area contributed by atoms with Crippen molar-refractivity contribution in [2.45, 2.75) is 45.6 Å². The van der Waals surface area contributed by atoms with Crippen LogP contribution in [0.4, 0.5) is 13.2 Å². The van der Waals surface area contributed by atoms with Crippen molar-refractivity contribution < 1.29 is 17.9 Å². The third-order valence-electron chi connectivity index (χ3n) is 5.77. The van der Waals surface area contributed by atoms with E-state index in [9.17, 15) is 13.2 Å². The monoisotopic (exact) mass is 444 g/mol. The Bertz CT molecular complexity index is 1060. The summed E-state index contributed by atoms with van der Waals surface area (Å²) in [6.45, 7) is 7.76. The molecule has 5 nitrogen and oxygen atoms in total. The van der Waals surface area contributed by atoms with Crippen LogP contribution in [0.25, 0.3) is 0 Å². The highest BCUT2D eigenvalue weighted by atomic mass is 19.4. The van der Waals surface area contributed by atoms with Gasteiger partial charge in [0.1, 0.15) is 6.10 Å². The molecule has 3 heterocycles. The molecule has 0 amide bonds. The second-order valence-corrected chi connectivity index (χ2v) is 8.08. The molecule has 1 aliphatic rings. The first-order valence-electron chi connectivity index (χ1n) is 10.8. The van der Waals surface area contributed by atoms with Crippen LogP contribution in [-0.4, -0.2) is 39.4 Å². The number of rotatable bonds is 6. The van der Waals surface area contributed by atoms with Crippen LogP contribution in [0, 0.1) is 6.92 Å². The lowest BCUT2D eigenvalue weighted by molar-refractivity contribution is -0.138. The molecule has 0 radical (unpaired) electrons. The lowest BCUT2D eigenvalue weighted by atomic mass is 10.0. The van der Waals surface area contributed by atoms with Crippen molar-refractivity contribution >= 4 is 0 Å². The third kappa shape index (κ3) is 5.19. The average molecular weight is 445 g/mol. The second-order valence-electron chi connectivity index (χ2n) is 8.08. The van der Waals surface area contributed by atoms with Crippen LogP contribution in [0.15, 0.2) is 48.7 Å². The molecule has 0 aliphatic carbocycles. The Balaban J connectivity index is 1.48. The predicted octanol–water partition coefficient (Wildman–Crippen LogP) is 4.79. The van der Waals surface area contributed by atoms with Crippen molar-refractivity contribution in [1.82, 2.24) is 19.7 Å². The number of halogens is 3. The summed E-state index contributed by atoms with van der Waals surface area (Å²) >= 11 is 0. The molecule has 3 aromatic rings. The fraction of sp³-hybridized carbons (Fsp3) is 0.417. The van der Waals surface area contributed by atoms with Crippen LogP contribution in [0.5, 0.6) is 0 Å². The van der Waals surface area contributed by atoms with Crippen molar-refractivity contribution in [3.63, 3.8) is 0 Å². The van der Waals surface area contributed by atoms with E-state index < -0.39 is 11.7 Å². The fourth-order valence-corrected chi connectivity index (χ4v) is 4.06. The van der Waals surface area contributed by atoms with Gasteiger partial charge in [0, 0.05) is 50.1 Å². The first-order chi connectivity index (χ1) is 15.3. The highest BCUT2D eigenvalue weighted by Gasteiger charge is 2.33. The Kier molecular flexibility index (Phi) is 6.62. The largest absolute Gasteiger partial charge is 0.416 e. The van der Waals surface area contributed by atoms with E-state index in [1.807, 2.05) is 23.7 Å². The lowest BCUT2D eigenvalue weighted by Gasteiger charge is -2.32. The Hall–Kier alpha value is -2.71. The lowest BCUT2D eigenvalue weighted by Crippen LogP contribution is -2.38. The van der Waals surface area contributed by atoms with Crippen molar-refractivity contribution in [2.75, 3.05) is 19.7 Å². The van der Waals surface area contributed by atoms with Gasteiger partial charge >= 0.3 is 6.18 Å². The summed E-state index contributed by atoms with van der Waals surface area (Å²) in [6, 6.07) is 11.1. The van der Waals surface area contributed by atoms with Crippen molar-refractivity contribution in [3.05, 3.63) is 82.4 Å². The first kappa shape index (κ1) is 22.5. The normalized spacial score (nSPS) is 17.6. The van der Waals surface area contributed by atoms with Gasteiger partial charge in [-0.25, -0.2) is 0 Å². The molecule has 1 atom stereocenters. The molecule has 0 spiro atoms. The van der Waals surface area contributed by atoms with Gasteiger partial charge in [0.15, 0.2) is 0 Å². The molecule has 0 unspecified atom stereocenters. The van der Waals surface area contributed by atoms with Gasteiger partial charge in [0.2, 0.25) is 0 Å². The Morgan fingerprint density at radius 1 is 1.09 bits per heavy atom. The minimum absolute atomic E-state index is 0.120. The molecule has 0 N–H and O–H groups in total. The maximum absolute atomic E-state index is 13.3. The van der Waals surface area contributed by atoms with E-state index in [-0.39, 0.29) is 18.1 Å². The zero-order valence-electron chi connectivity index (χ0n) is 18.3. The van der Waals surface area contributed by atoms with E-state index in [1.165, 1.54) is 17.7 Å². The summed E-state index contributed by atoms with van der Waals surface area (Å²) in [7, 11) is 0. The molecule has 1 aliphatic heterocycles. The van der Waals surface area contributed by atoms with E-state index in [1.54, 1.807) is 12.1 Å². The molecule has 1 fully saturated rings. The number of nitrogens with zero attached hydrogens (tertiary/aromatic N) is 4. The van der Waals surface area contributed by atoms with Crippen LogP contribution >= 0.6 is 0 Å². The number of hydrogen-bond acceptors (Lipinski definition) is 4. The smallest absolute Gasteiger partial charge is 0.369 e. The van der Waals surface area contributed by atoms with Crippen molar-refractivity contribution in [2.24, 2.45) is 0 Å². The van der Waals surface area contributed by atoms with Crippen LogP contribution in [-0.2, 0) is 30.4 Å². The highest BCUT2D eigenvalue weighted by molar-refractivity contribution is 5.33. The quantitative estimate of drug-likeness (QED) is 0.548. The number of alkyl halides is 3. The number of aryl methyl sites for hydroxylation is 2. The molecular formula is C24H27F3N4O. The van der Waals surface area contributed by atoms with Crippen LogP contribution in [0.2, 0.25) is 0 Å². The molecule has 8 heteroatoms. The Morgan fingerprint density at radius 3 is 2.66 bits per heavy atom. The first-order valence-corrected chi connectivity index (χ1v) is 10.8. The Morgan fingerprint density at radius 2 is 1.91 bits per heavy atom. The van der Waals surface area contributed by atoms with Crippen molar-refractivity contribution in [1.29, 1.82) is 0 Å². The summed E-state index contributed by atoms with van der Waals surface area (Å²) in [6.07, 6.45) is -2.40. The van der Waals surface area contributed by atoms with Gasteiger partial charge in [-0.3, -0.25) is 14.6 Å². The number of morpholine rings is 1. The molecule has 0 bridgehead atoms. The highest BCUT2D eigenvalue weighted by Crippen LogP contribution is 2.33. The van der Waals surface area contributed by atoms with E-state index >= 15 is 0 Å². The maximum atomic E-state index is 13.3. The maximum Gasteiger partial charge on any atom is 0.416 e. The van der Waals surface area contributed by atoms with Crippen LogP contribution < -0.4 is 0 Å². The fourth-order valence-electron chi connectivity index (χ4n) is 4.06. The zero-order valence-corrected chi connectivity index (χ0v) is 18.3. The average Bonchev–Trinajstić information content (AvgIpc) is 3.13. The zero-order chi connectivity index (χ0) is 22.7. The van der Waals surface area contributed by atoms with Gasteiger partial charge in [-0.15, -0.1) is 0 Å². The summed E-state index contributed by atoms with van der Waals surface area (Å²) < 4.78 is 47.9. The number of pyridine rings is 1. The van der Waals surface area contributed by atoms with Crippen LogP contribution in [0.3, 0.4) is 0 Å². The predicted molar refractivity (Wildman–Crippen MR) is 115 cm³/mol. The summed E-state index contributed by atoms with van der Waals surface area (Å²) in [5.74, 6) is 0. The minimum atomic E-state index is -4.38. The molecule has 170 valence electrons. The molecule has 4 rings (SSSR count). The number of aromatic nitrogens is 3. The summed E-state index contributed by atoms with van der Waals surface area (Å²) in [4.78, 5) is 6.97. The molecule has 1 saturated heterocycles. The van der Waals surface area contributed by atoms with Gasteiger partial charge in [-0.05, 0) is 37.6 Å². The van der Waals surface area contributed by atoms with Gasteiger partial charge in [0.05, 0.1) is 23.6 Å². The second kappa shape index (κ2) is 9.42. The Labute approximate surface area is 185 Å². The van der Waals surface area contributed by atoms with Gasteiger partial charge < -0.3 is 4.74 Å². The standard InChI is InChI=1S/C24H27F3N4O/c1-3-31-15-19(17(2)29-31)14-30-11-12-32-23(16-30)22-10-6-8-20(28-22)13-18-7-4-5-9-21(18)24(25,26)27/h4-10,15,23H,3,11-14,16H2,1-2H3/t23-/m1/s1. The van der Waals surface area contributed by atoms with Crippen molar-refractivity contribution in [3.8, 4) is 0 Å². The topological polar surface area (TPSA) is 43.2 Å². The molecular weight excluding hydrogens is 417 g/mol. The number of benzene rings is 1.